The molecule has 0 amide bonds. The lowest BCUT2D eigenvalue weighted by Crippen LogP contribution is -3.00. The van der Waals surface area contributed by atoms with E-state index in [0.717, 1.165) is 10.0 Å². The number of nitrogens with zero attached hydrogens (tertiary/aromatic N) is 1. The summed E-state index contributed by atoms with van der Waals surface area (Å²) in [6.45, 7) is 2.12. The van der Waals surface area contributed by atoms with Crippen molar-refractivity contribution in [2.75, 3.05) is 0 Å². The van der Waals surface area contributed by atoms with Gasteiger partial charge in [-0.2, -0.15) is 5.26 Å². The summed E-state index contributed by atoms with van der Waals surface area (Å²) < 4.78 is 0.984. The first-order chi connectivity index (χ1) is 9.22. The summed E-state index contributed by atoms with van der Waals surface area (Å²) in [5, 5.41) is 11.5. The molecule has 104 valence electrons. The second-order valence-electron chi connectivity index (χ2n) is 4.52. The van der Waals surface area contributed by atoms with E-state index in [-0.39, 0.29) is 24.5 Å². The Morgan fingerprint density at radius 3 is 2.25 bits per heavy atom. The highest BCUT2D eigenvalue weighted by molar-refractivity contribution is 9.10. The van der Waals surface area contributed by atoms with Gasteiger partial charge in [0.25, 0.3) is 0 Å². The second kappa shape index (κ2) is 8.06. The molecule has 2 rings (SSSR count). The number of hydrogen-bond donors (Lipinski definition) is 1. The van der Waals surface area contributed by atoms with Crippen LogP contribution in [-0.2, 0) is 0 Å². The highest BCUT2D eigenvalue weighted by Gasteiger charge is 2.20. The standard InChI is InChI=1S/C16H15BrN2.ClH/c1-12(13-7-3-2-4-8-13)19-16(11-18)14-9-5-6-10-15(14)17;/h2-10,12,16,19H,1H3;1H/t12-,16-;/m1./s1. The SMILES string of the molecule is C[C@@H]([NH2+][C@H](C#N)c1ccccc1Br)c1ccccc1.[Cl-]. The number of quaternary nitrogens is 1. The first-order valence-corrected chi connectivity index (χ1v) is 7.05. The van der Waals surface area contributed by atoms with Crippen molar-refractivity contribution in [1.29, 1.82) is 5.26 Å². The van der Waals surface area contributed by atoms with Gasteiger partial charge in [0, 0.05) is 15.6 Å². The molecule has 0 bridgehead atoms. The molecule has 4 heteroatoms. The maximum atomic E-state index is 9.40. The molecule has 20 heavy (non-hydrogen) atoms. The van der Waals surface area contributed by atoms with Crippen molar-refractivity contribution in [2.24, 2.45) is 0 Å². The molecule has 0 aliphatic heterocycles. The average molecular weight is 352 g/mol. The van der Waals surface area contributed by atoms with Crippen LogP contribution < -0.4 is 17.7 Å². The number of nitriles is 1. The quantitative estimate of drug-likeness (QED) is 0.848. The Morgan fingerprint density at radius 2 is 1.65 bits per heavy atom. The predicted molar refractivity (Wildman–Crippen MR) is 79.3 cm³/mol. The van der Waals surface area contributed by atoms with Crippen molar-refractivity contribution in [3.05, 3.63) is 70.2 Å². The summed E-state index contributed by atoms with van der Waals surface area (Å²) >= 11 is 3.51. The molecule has 0 aromatic heterocycles. The lowest BCUT2D eigenvalue weighted by atomic mass is 10.0. The van der Waals surface area contributed by atoms with Crippen molar-refractivity contribution in [3.63, 3.8) is 0 Å². The zero-order valence-electron chi connectivity index (χ0n) is 11.1. The molecule has 0 unspecified atom stereocenters. The van der Waals surface area contributed by atoms with E-state index in [1.807, 2.05) is 42.5 Å². The number of halogens is 2. The van der Waals surface area contributed by atoms with Gasteiger partial charge in [0.1, 0.15) is 12.1 Å². The van der Waals surface area contributed by atoms with Gasteiger partial charge in [0.2, 0.25) is 6.04 Å². The normalized spacial score (nSPS) is 12.8. The van der Waals surface area contributed by atoms with Crippen LogP contribution in [0.1, 0.15) is 30.1 Å². The monoisotopic (exact) mass is 350 g/mol. The van der Waals surface area contributed by atoms with E-state index in [0.29, 0.717) is 0 Å². The van der Waals surface area contributed by atoms with E-state index in [2.05, 4.69) is 46.4 Å². The summed E-state index contributed by atoms with van der Waals surface area (Å²) in [7, 11) is 0. The molecule has 2 atom stereocenters. The molecule has 0 spiro atoms. The Balaban J connectivity index is 0.00000200. The molecule has 0 radical (unpaired) electrons. The number of rotatable bonds is 4. The molecule has 0 fully saturated rings. The Kier molecular flexibility index (Phi) is 6.74. The lowest BCUT2D eigenvalue weighted by molar-refractivity contribution is -0.720. The van der Waals surface area contributed by atoms with Gasteiger partial charge < -0.3 is 17.7 Å². The topological polar surface area (TPSA) is 40.4 Å². The van der Waals surface area contributed by atoms with Crippen LogP contribution in [0.2, 0.25) is 0 Å². The highest BCUT2D eigenvalue weighted by atomic mass is 79.9. The van der Waals surface area contributed by atoms with Gasteiger partial charge in [-0.25, -0.2) is 0 Å². The van der Waals surface area contributed by atoms with E-state index >= 15 is 0 Å². The van der Waals surface area contributed by atoms with Gasteiger partial charge in [-0.3, -0.25) is 0 Å². The molecular formula is C16H16BrClN2. The zero-order valence-corrected chi connectivity index (χ0v) is 13.5. The van der Waals surface area contributed by atoms with Crippen LogP contribution in [0.3, 0.4) is 0 Å². The number of nitrogens with two attached hydrogens (primary N) is 1. The van der Waals surface area contributed by atoms with E-state index in [9.17, 15) is 5.26 Å². The zero-order chi connectivity index (χ0) is 13.7. The van der Waals surface area contributed by atoms with E-state index in [1.165, 1.54) is 5.56 Å². The molecule has 0 heterocycles. The van der Waals surface area contributed by atoms with E-state index in [4.69, 9.17) is 0 Å². The van der Waals surface area contributed by atoms with Gasteiger partial charge in [-0.05, 0) is 13.0 Å². The van der Waals surface area contributed by atoms with E-state index < -0.39 is 0 Å². The van der Waals surface area contributed by atoms with Crippen LogP contribution in [0.15, 0.2) is 59.1 Å². The third-order valence-electron chi connectivity index (χ3n) is 3.19. The third-order valence-corrected chi connectivity index (χ3v) is 3.91. The molecule has 2 nitrogen and oxygen atoms in total. The maximum absolute atomic E-state index is 9.40. The smallest absolute Gasteiger partial charge is 0.200 e. The summed E-state index contributed by atoms with van der Waals surface area (Å²) in [5.74, 6) is 0. The number of hydrogen-bond acceptors (Lipinski definition) is 1. The minimum absolute atomic E-state index is 0. The first kappa shape index (κ1) is 16.7. The molecule has 0 aliphatic carbocycles. The third kappa shape index (κ3) is 4.08. The Labute approximate surface area is 134 Å². The van der Waals surface area contributed by atoms with Gasteiger partial charge in [0.15, 0.2) is 0 Å². The minimum Gasteiger partial charge on any atom is -1.00 e. The van der Waals surface area contributed by atoms with Gasteiger partial charge in [-0.15, -0.1) is 0 Å². The lowest BCUT2D eigenvalue weighted by Gasteiger charge is -2.16. The van der Waals surface area contributed by atoms with Gasteiger partial charge >= 0.3 is 0 Å². The van der Waals surface area contributed by atoms with Crippen molar-refractivity contribution in [2.45, 2.75) is 19.0 Å². The summed E-state index contributed by atoms with van der Waals surface area (Å²) in [5.41, 5.74) is 2.25. The van der Waals surface area contributed by atoms with Crippen molar-refractivity contribution in [3.8, 4) is 6.07 Å². The molecule has 0 aliphatic rings. The van der Waals surface area contributed by atoms with Gasteiger partial charge in [-0.1, -0.05) is 64.5 Å². The summed E-state index contributed by atoms with van der Waals surface area (Å²) in [4.78, 5) is 0. The molecule has 2 N–H and O–H groups in total. The number of benzene rings is 2. The van der Waals surface area contributed by atoms with Crippen molar-refractivity contribution in [1.82, 2.24) is 0 Å². The average Bonchev–Trinajstić information content (AvgIpc) is 2.46. The minimum atomic E-state index is -0.203. The first-order valence-electron chi connectivity index (χ1n) is 6.26. The Bertz CT molecular complexity index is 581. The highest BCUT2D eigenvalue weighted by Crippen LogP contribution is 2.21. The fourth-order valence-corrected chi connectivity index (χ4v) is 2.63. The molecule has 2 aromatic rings. The summed E-state index contributed by atoms with van der Waals surface area (Å²) in [6.07, 6.45) is 0. The molecule has 2 aromatic carbocycles. The fraction of sp³-hybridized carbons (Fsp3) is 0.188. The Hall–Kier alpha value is -1.34. The molecular weight excluding hydrogens is 336 g/mol. The van der Waals surface area contributed by atoms with Crippen molar-refractivity contribution < 1.29 is 17.7 Å². The van der Waals surface area contributed by atoms with E-state index in [1.54, 1.807) is 0 Å². The molecule has 0 saturated heterocycles. The van der Waals surface area contributed by atoms with Crippen LogP contribution in [0.25, 0.3) is 0 Å². The van der Waals surface area contributed by atoms with Crippen LogP contribution in [0.4, 0.5) is 0 Å². The van der Waals surface area contributed by atoms with Gasteiger partial charge in [0.05, 0.1) is 0 Å². The van der Waals surface area contributed by atoms with Crippen LogP contribution in [0.5, 0.6) is 0 Å². The largest absolute Gasteiger partial charge is 1.00 e. The molecule has 0 saturated carbocycles. The van der Waals surface area contributed by atoms with Crippen LogP contribution in [0, 0.1) is 11.3 Å². The van der Waals surface area contributed by atoms with Crippen LogP contribution >= 0.6 is 15.9 Å². The Morgan fingerprint density at radius 1 is 1.05 bits per heavy atom. The maximum Gasteiger partial charge on any atom is 0.200 e. The van der Waals surface area contributed by atoms with Crippen molar-refractivity contribution >= 4 is 15.9 Å². The van der Waals surface area contributed by atoms with Crippen LogP contribution in [-0.4, -0.2) is 0 Å². The predicted octanol–water partition coefficient (Wildman–Crippen LogP) is 0.342. The summed E-state index contributed by atoms with van der Waals surface area (Å²) in [6, 6.07) is 20.6. The second-order valence-corrected chi connectivity index (χ2v) is 5.37. The fourth-order valence-electron chi connectivity index (χ4n) is 2.10.